The molecule has 0 aliphatic rings. The van der Waals surface area contributed by atoms with E-state index in [9.17, 15) is 13.2 Å². The third-order valence-corrected chi connectivity index (χ3v) is 6.53. The van der Waals surface area contributed by atoms with E-state index in [1.165, 1.54) is 22.7 Å². The summed E-state index contributed by atoms with van der Waals surface area (Å²) in [4.78, 5) is 16.4. The Labute approximate surface area is 164 Å². The summed E-state index contributed by atoms with van der Waals surface area (Å²) in [5, 5.41) is 13.6. The quantitative estimate of drug-likeness (QED) is 0.604. The van der Waals surface area contributed by atoms with Crippen LogP contribution in [-0.4, -0.2) is 29.5 Å². The fourth-order valence-electron chi connectivity index (χ4n) is 2.13. The summed E-state index contributed by atoms with van der Waals surface area (Å²) in [6.45, 7) is 3.70. The Morgan fingerprint density at radius 2 is 1.85 bits per heavy atom. The van der Waals surface area contributed by atoms with Gasteiger partial charge < -0.3 is 5.32 Å². The van der Waals surface area contributed by atoms with Crippen LogP contribution in [0.2, 0.25) is 0 Å². The van der Waals surface area contributed by atoms with Gasteiger partial charge in [-0.1, -0.05) is 29.0 Å². The molecular formula is C16H17N5O3S3. The molecule has 0 saturated carbocycles. The summed E-state index contributed by atoms with van der Waals surface area (Å²) >= 11 is 2.48. The first-order valence-electron chi connectivity index (χ1n) is 7.96. The van der Waals surface area contributed by atoms with Gasteiger partial charge in [-0.05, 0) is 32.4 Å². The number of hydrogen-bond donors (Lipinski definition) is 2. The lowest BCUT2D eigenvalue weighted by atomic mass is 10.2. The number of benzene rings is 1. The lowest BCUT2D eigenvalue weighted by Gasteiger charge is -2.05. The van der Waals surface area contributed by atoms with Crippen molar-refractivity contribution in [1.82, 2.24) is 15.2 Å². The standard InChI is InChI=1S/C16H17N5O3S3/c1-10-3-6-13(7-4-10)27(23,24)21-16-17-12(9-25-16)5-8-14(22)18-15-20-19-11(2)26-15/h3-4,6-7,9H,5,8H2,1-2H3,(H,17,21)(H,18,20,22). The number of amides is 1. The van der Waals surface area contributed by atoms with Crippen LogP contribution in [0.1, 0.15) is 22.7 Å². The highest BCUT2D eigenvalue weighted by atomic mass is 32.2. The van der Waals surface area contributed by atoms with Gasteiger partial charge in [-0.25, -0.2) is 13.4 Å². The zero-order chi connectivity index (χ0) is 19.4. The van der Waals surface area contributed by atoms with Crippen LogP contribution in [0.5, 0.6) is 0 Å². The van der Waals surface area contributed by atoms with Crippen molar-refractivity contribution in [1.29, 1.82) is 0 Å². The molecule has 0 atom stereocenters. The van der Waals surface area contributed by atoms with Gasteiger partial charge in [-0.3, -0.25) is 9.52 Å². The monoisotopic (exact) mass is 423 g/mol. The first-order chi connectivity index (χ1) is 12.8. The fourth-order valence-corrected chi connectivity index (χ4v) is 4.74. The maximum absolute atomic E-state index is 12.4. The number of aromatic nitrogens is 3. The minimum absolute atomic E-state index is 0.177. The van der Waals surface area contributed by atoms with Crippen molar-refractivity contribution in [3.8, 4) is 0 Å². The van der Waals surface area contributed by atoms with Gasteiger partial charge in [0.15, 0.2) is 5.13 Å². The number of hydrogen-bond acceptors (Lipinski definition) is 8. The van der Waals surface area contributed by atoms with Gasteiger partial charge in [0.05, 0.1) is 10.6 Å². The summed E-state index contributed by atoms with van der Waals surface area (Å²) in [5.74, 6) is -0.194. The molecule has 0 aliphatic heterocycles. The average molecular weight is 424 g/mol. The minimum atomic E-state index is -3.68. The molecule has 1 amide bonds. The molecule has 8 nitrogen and oxygen atoms in total. The number of thiazole rings is 1. The molecule has 3 rings (SSSR count). The second-order valence-corrected chi connectivity index (χ2v) is 9.46. The van der Waals surface area contributed by atoms with Gasteiger partial charge in [0.2, 0.25) is 11.0 Å². The number of sulfonamides is 1. The van der Waals surface area contributed by atoms with Gasteiger partial charge in [-0.2, -0.15) is 0 Å². The van der Waals surface area contributed by atoms with Gasteiger partial charge in [0, 0.05) is 11.8 Å². The lowest BCUT2D eigenvalue weighted by molar-refractivity contribution is -0.116. The molecule has 11 heteroatoms. The summed E-state index contributed by atoms with van der Waals surface area (Å²) in [6.07, 6.45) is 0.610. The zero-order valence-corrected chi connectivity index (χ0v) is 17.0. The highest BCUT2D eigenvalue weighted by Gasteiger charge is 2.16. The van der Waals surface area contributed by atoms with Crippen LogP contribution in [0.3, 0.4) is 0 Å². The van der Waals surface area contributed by atoms with E-state index in [4.69, 9.17) is 0 Å². The maximum Gasteiger partial charge on any atom is 0.263 e. The molecule has 0 bridgehead atoms. The largest absolute Gasteiger partial charge is 0.301 e. The minimum Gasteiger partial charge on any atom is -0.301 e. The van der Waals surface area contributed by atoms with E-state index in [0.29, 0.717) is 17.2 Å². The molecule has 2 aromatic heterocycles. The predicted octanol–water partition coefficient (Wildman–Crippen LogP) is 2.98. The van der Waals surface area contributed by atoms with E-state index in [1.54, 1.807) is 29.6 Å². The molecule has 1 aromatic carbocycles. The van der Waals surface area contributed by atoms with E-state index in [2.05, 4.69) is 25.2 Å². The molecular weight excluding hydrogens is 406 g/mol. The molecule has 2 heterocycles. The Balaban J connectivity index is 1.56. The van der Waals surface area contributed by atoms with E-state index in [1.807, 2.05) is 13.8 Å². The molecule has 0 radical (unpaired) electrons. The van der Waals surface area contributed by atoms with Crippen LogP contribution in [0.15, 0.2) is 34.5 Å². The van der Waals surface area contributed by atoms with Crippen LogP contribution in [0.4, 0.5) is 10.3 Å². The first-order valence-corrected chi connectivity index (χ1v) is 11.1. The Kier molecular flexibility index (Phi) is 5.82. The van der Waals surface area contributed by atoms with Crippen LogP contribution in [-0.2, 0) is 21.2 Å². The van der Waals surface area contributed by atoms with Gasteiger partial charge in [0.1, 0.15) is 5.01 Å². The number of carbonyl (C=O) groups is 1. The summed E-state index contributed by atoms with van der Waals surface area (Å²) in [6, 6.07) is 6.57. The maximum atomic E-state index is 12.4. The molecule has 0 aliphatic carbocycles. The van der Waals surface area contributed by atoms with Gasteiger partial charge in [0.25, 0.3) is 10.0 Å². The summed E-state index contributed by atoms with van der Waals surface area (Å²) in [7, 11) is -3.68. The fraction of sp³-hybridized carbons (Fsp3) is 0.250. The van der Waals surface area contributed by atoms with E-state index < -0.39 is 10.0 Å². The number of nitrogens with zero attached hydrogens (tertiary/aromatic N) is 3. The van der Waals surface area contributed by atoms with Crippen molar-refractivity contribution in [2.45, 2.75) is 31.6 Å². The SMILES string of the molecule is Cc1ccc(S(=O)(=O)Nc2nc(CCC(=O)Nc3nnc(C)s3)cs2)cc1. The van der Waals surface area contributed by atoms with Crippen molar-refractivity contribution in [3.05, 3.63) is 45.9 Å². The van der Waals surface area contributed by atoms with Crippen LogP contribution >= 0.6 is 22.7 Å². The molecule has 0 unspecified atom stereocenters. The molecule has 2 N–H and O–H groups in total. The van der Waals surface area contributed by atoms with E-state index in [0.717, 1.165) is 10.6 Å². The number of anilines is 2. The molecule has 3 aromatic rings. The molecule has 0 saturated heterocycles. The molecule has 0 fully saturated rings. The third kappa shape index (κ3) is 5.31. The Bertz CT molecular complexity index is 1040. The zero-order valence-electron chi connectivity index (χ0n) is 14.6. The third-order valence-electron chi connectivity index (χ3n) is 3.49. The van der Waals surface area contributed by atoms with Crippen molar-refractivity contribution >= 4 is 48.9 Å². The number of nitrogens with one attached hydrogen (secondary N) is 2. The van der Waals surface area contributed by atoms with Crippen molar-refractivity contribution in [2.75, 3.05) is 10.0 Å². The highest BCUT2D eigenvalue weighted by molar-refractivity contribution is 7.93. The molecule has 0 spiro atoms. The normalized spacial score (nSPS) is 11.3. The second-order valence-electron chi connectivity index (χ2n) is 5.74. The number of aryl methyl sites for hydroxylation is 3. The van der Waals surface area contributed by atoms with Crippen molar-refractivity contribution < 1.29 is 13.2 Å². The number of carbonyl (C=O) groups excluding carboxylic acids is 1. The molecule has 142 valence electrons. The van der Waals surface area contributed by atoms with Crippen molar-refractivity contribution in [2.24, 2.45) is 0 Å². The first kappa shape index (κ1) is 19.4. The Hall–Kier alpha value is -2.37. The Morgan fingerprint density at radius 3 is 2.52 bits per heavy atom. The van der Waals surface area contributed by atoms with Crippen LogP contribution in [0.25, 0.3) is 0 Å². The highest BCUT2D eigenvalue weighted by Crippen LogP contribution is 2.21. The van der Waals surface area contributed by atoms with Crippen LogP contribution < -0.4 is 10.0 Å². The second kappa shape index (κ2) is 8.11. The topological polar surface area (TPSA) is 114 Å². The summed E-state index contributed by atoms with van der Waals surface area (Å²) < 4.78 is 27.2. The van der Waals surface area contributed by atoms with Crippen molar-refractivity contribution in [3.63, 3.8) is 0 Å². The molecule has 27 heavy (non-hydrogen) atoms. The predicted molar refractivity (Wildman–Crippen MR) is 106 cm³/mol. The smallest absolute Gasteiger partial charge is 0.263 e. The van der Waals surface area contributed by atoms with Gasteiger partial charge >= 0.3 is 0 Å². The van der Waals surface area contributed by atoms with Crippen LogP contribution in [0, 0.1) is 13.8 Å². The van der Waals surface area contributed by atoms with Gasteiger partial charge in [-0.15, -0.1) is 21.5 Å². The Morgan fingerprint density at radius 1 is 1.11 bits per heavy atom. The number of rotatable bonds is 7. The summed E-state index contributed by atoms with van der Waals surface area (Å²) in [5.41, 5.74) is 1.62. The van der Waals surface area contributed by atoms with E-state index >= 15 is 0 Å². The van der Waals surface area contributed by atoms with E-state index in [-0.39, 0.29) is 22.4 Å². The average Bonchev–Trinajstić information content (AvgIpc) is 3.22. The lowest BCUT2D eigenvalue weighted by Crippen LogP contribution is -2.13.